The van der Waals surface area contributed by atoms with Crippen molar-refractivity contribution in [3.63, 3.8) is 0 Å². The summed E-state index contributed by atoms with van der Waals surface area (Å²) in [5, 5.41) is 8.34. The Hall–Kier alpha value is -0.821. The van der Waals surface area contributed by atoms with Crippen molar-refractivity contribution in [2.45, 2.75) is 0 Å². The van der Waals surface area contributed by atoms with E-state index in [1.807, 2.05) is 0 Å². The Morgan fingerprint density at radius 2 is 1.24 bits per heavy atom. The van der Waals surface area contributed by atoms with Crippen LogP contribution in [0.25, 0.3) is 0 Å². The topological polar surface area (TPSA) is 106 Å². The molecule has 0 amide bonds. The summed E-state index contributed by atoms with van der Waals surface area (Å²) in [7, 11) is -10.7. The molecule has 25 heavy (non-hydrogen) atoms. The molecule has 0 bridgehead atoms. The molecule has 1 fully saturated rings. The summed E-state index contributed by atoms with van der Waals surface area (Å²) in [6.07, 6.45) is 6.85. The van der Waals surface area contributed by atoms with Crippen LogP contribution in [0.5, 0.6) is 0 Å². The van der Waals surface area contributed by atoms with Crippen LogP contribution in [0.1, 0.15) is 0 Å². The van der Waals surface area contributed by atoms with Gasteiger partial charge in [0, 0.05) is 0 Å². The number of halogens is 6. The maximum absolute atomic E-state index is 10.9. The summed E-state index contributed by atoms with van der Waals surface area (Å²) < 4.78 is 86.3. The summed E-state index contributed by atoms with van der Waals surface area (Å²) >= 11 is 0. The maximum Gasteiger partial charge on any atom is 3.00 e. The van der Waals surface area contributed by atoms with Crippen LogP contribution in [0.4, 0.5) is 25.2 Å². The quantitative estimate of drug-likeness (QED) is 0.183. The maximum atomic E-state index is 10.9. The number of rotatable bonds is 3. The Bertz CT molecular complexity index is 376. The average Bonchev–Trinajstić information content (AvgIpc) is 3.02. The molecule has 0 aliphatic heterocycles. The van der Waals surface area contributed by atoms with Crippen molar-refractivity contribution >= 4 is 13.8 Å². The first-order chi connectivity index (χ1) is 10.8. The van der Waals surface area contributed by atoms with E-state index in [0.717, 1.165) is 0 Å². The van der Waals surface area contributed by atoms with Gasteiger partial charge in [0.25, 0.3) is 0 Å². The number of hydrogen-bond acceptors (Lipinski definition) is 3. The predicted octanol–water partition coefficient (Wildman–Crippen LogP) is 3.19. The molecule has 0 atom stereocenters. The molecule has 1 N–H and O–H groups in total. The fourth-order valence-corrected chi connectivity index (χ4v) is 0.732. The zero-order valence-corrected chi connectivity index (χ0v) is 13.8. The Morgan fingerprint density at radius 1 is 0.960 bits per heavy atom. The molecule has 6 nitrogen and oxygen atoms in total. The number of aliphatic hydroxyl groups excluding tert-OH is 1. The predicted molar refractivity (Wildman–Crippen MR) is 63.8 cm³/mol. The minimum atomic E-state index is -10.7. The van der Waals surface area contributed by atoms with E-state index in [9.17, 15) is 30.0 Å². The third-order valence-electron chi connectivity index (χ3n) is 1.22. The van der Waals surface area contributed by atoms with Gasteiger partial charge in [0.1, 0.15) is 6.61 Å². The van der Waals surface area contributed by atoms with E-state index >= 15 is 0 Å². The van der Waals surface area contributed by atoms with Crippen molar-refractivity contribution in [2.24, 2.45) is 0 Å². The molecule has 1 saturated carbocycles. The Labute approximate surface area is 150 Å². The minimum Gasteiger partial charge on any atom is 3.00 e. The zero-order valence-electron chi connectivity index (χ0n) is 11.8. The van der Waals surface area contributed by atoms with Crippen LogP contribution in [0.2, 0.25) is 0 Å². The SMILES string of the molecule is F[P-](F)(F)(F)(F)F.O=C(OCCO)[C]1[CH][CH][CH][CH]1.[C-]#[O+].[C-]#[O+].[C-]#[O+].[Fe+3]. The van der Waals surface area contributed by atoms with Gasteiger partial charge in [-0.3, -0.25) is 4.79 Å². The first-order valence-electron chi connectivity index (χ1n) is 4.97. The molecule has 0 saturated heterocycles. The van der Waals surface area contributed by atoms with Crippen molar-refractivity contribution in [1.82, 2.24) is 0 Å². The number of carbonyl (C=O) groups excluding carboxylic acids is 1. The van der Waals surface area contributed by atoms with Crippen molar-refractivity contribution in [2.75, 3.05) is 13.2 Å². The van der Waals surface area contributed by atoms with Gasteiger partial charge in [-0.05, 0) is 25.7 Å². The second-order valence-corrected chi connectivity index (χ2v) is 4.91. The Balaban J connectivity index is -0.0000000833. The third kappa shape index (κ3) is 51.7. The first-order valence-corrected chi connectivity index (χ1v) is 7.00. The van der Waals surface area contributed by atoms with Gasteiger partial charge in [-0.25, -0.2) is 0 Å². The van der Waals surface area contributed by atoms with Gasteiger partial charge in [-0.15, -0.1) is 0 Å². The fourth-order valence-electron chi connectivity index (χ4n) is 0.732. The van der Waals surface area contributed by atoms with Crippen molar-refractivity contribution < 1.29 is 70.8 Å². The van der Waals surface area contributed by atoms with Gasteiger partial charge < -0.3 is 9.84 Å². The van der Waals surface area contributed by atoms with Gasteiger partial charge in [-0.1, -0.05) is 0 Å². The van der Waals surface area contributed by atoms with E-state index in [4.69, 9.17) is 19.1 Å². The smallest absolute Gasteiger partial charge is 3.00 e. The Kier molecular flexibility index (Phi) is 21.8. The summed E-state index contributed by atoms with van der Waals surface area (Å²) in [5.74, 6) is 0.141. The summed E-state index contributed by atoms with van der Waals surface area (Å²) in [6, 6.07) is 0. The molecule has 1 aliphatic rings. The molecular weight excluding hydrogens is 429 g/mol. The molecule has 1 aliphatic carbocycles. The molecular formula is C11H9F6FeO6P+2. The number of aliphatic hydroxyl groups is 1. The number of hydrogen-bond donors (Lipinski definition) is 1. The van der Waals surface area contributed by atoms with Crippen LogP contribution in [-0.4, -0.2) is 24.3 Å². The van der Waals surface area contributed by atoms with Crippen molar-refractivity contribution in [1.29, 1.82) is 0 Å². The van der Waals surface area contributed by atoms with Crippen LogP contribution in [0.15, 0.2) is 0 Å². The second-order valence-electron chi connectivity index (χ2n) is 2.99. The summed E-state index contributed by atoms with van der Waals surface area (Å²) in [6.45, 7) is 13.4. The number of ether oxygens (including phenoxy) is 1. The molecule has 6 radical (unpaired) electrons. The zero-order chi connectivity index (χ0) is 20.5. The van der Waals surface area contributed by atoms with Crippen molar-refractivity contribution in [3.05, 3.63) is 51.6 Å². The van der Waals surface area contributed by atoms with Crippen LogP contribution in [0, 0.1) is 51.6 Å². The normalized spacial score (nSPS) is 14.9. The van der Waals surface area contributed by atoms with E-state index in [-0.39, 0.29) is 36.3 Å². The van der Waals surface area contributed by atoms with E-state index < -0.39 is 7.81 Å². The molecule has 142 valence electrons. The molecule has 0 aromatic rings. The largest absolute Gasteiger partial charge is 3.00 e. The summed E-state index contributed by atoms with van der Waals surface area (Å²) in [4.78, 5) is 10.9. The molecule has 1 rings (SSSR count). The standard InChI is InChI=1S/C8H9O3.3CO.F6P.Fe/c9-5-6-11-8(10)7-3-1-2-4-7;3*1-2;1-7(2,3,4,5)6;/h1-4,9H,5-6H2;;;;;/q;;;;-1;+3. The van der Waals surface area contributed by atoms with Gasteiger partial charge in [0.05, 0.1) is 12.5 Å². The molecule has 14 heteroatoms. The molecule has 0 heterocycles. The van der Waals surface area contributed by atoms with Gasteiger partial charge in [-0.2, -0.15) is 0 Å². The van der Waals surface area contributed by atoms with Crippen LogP contribution < -0.4 is 0 Å². The summed E-state index contributed by atoms with van der Waals surface area (Å²) in [5.41, 5.74) is 0. The van der Waals surface area contributed by atoms with Crippen LogP contribution >= 0.6 is 7.81 Å². The monoisotopic (exact) mass is 438 g/mol. The molecule has 0 spiro atoms. The van der Waals surface area contributed by atoms with Crippen LogP contribution in [0.3, 0.4) is 0 Å². The second kappa shape index (κ2) is 15.4. The van der Waals surface area contributed by atoms with Gasteiger partial charge in [0.15, 0.2) is 0 Å². The van der Waals surface area contributed by atoms with Gasteiger partial charge in [0.2, 0.25) is 0 Å². The Morgan fingerprint density at radius 3 is 1.48 bits per heavy atom. The number of esters is 1. The van der Waals surface area contributed by atoms with Crippen LogP contribution in [-0.2, 0) is 40.6 Å². The molecule has 0 unspecified atom stereocenters. The minimum absolute atomic E-state index is 0. The van der Waals surface area contributed by atoms with E-state index in [1.165, 1.54) is 0 Å². The van der Waals surface area contributed by atoms with Crippen molar-refractivity contribution in [3.8, 4) is 0 Å². The molecule has 0 aromatic heterocycles. The third-order valence-corrected chi connectivity index (χ3v) is 1.22. The van der Waals surface area contributed by atoms with Gasteiger partial charge >= 0.3 is 89.9 Å². The first kappa shape index (κ1) is 35.3. The number of carbonyl (C=O) groups is 1. The van der Waals surface area contributed by atoms with E-state index in [1.54, 1.807) is 25.7 Å². The van der Waals surface area contributed by atoms with E-state index in [2.05, 4.69) is 24.7 Å². The molecule has 0 aromatic carbocycles. The fraction of sp³-hybridized carbons (Fsp3) is 0.182. The average molecular weight is 438 g/mol. The van der Waals surface area contributed by atoms with E-state index in [0.29, 0.717) is 5.92 Å².